The standard InChI is InChI=1S/C22H21N3O2/c26-21(24-15-17-8-3-1-4-9-17)16-23-19-12-7-13-20(14-19)25-22(27)18-10-5-2-6-11-18/h1-14,23H,15-16H2,(H,24,26)(H,25,27). The second-order valence-corrected chi connectivity index (χ2v) is 6.02. The summed E-state index contributed by atoms with van der Waals surface area (Å²) in [5.41, 5.74) is 3.07. The lowest BCUT2D eigenvalue weighted by Crippen LogP contribution is -2.29. The third-order valence-corrected chi connectivity index (χ3v) is 3.94. The van der Waals surface area contributed by atoms with Gasteiger partial charge in [-0.05, 0) is 35.9 Å². The molecule has 0 heterocycles. The summed E-state index contributed by atoms with van der Waals surface area (Å²) in [7, 11) is 0. The van der Waals surface area contributed by atoms with E-state index in [9.17, 15) is 9.59 Å². The Morgan fingerprint density at radius 3 is 2.15 bits per heavy atom. The van der Waals surface area contributed by atoms with Gasteiger partial charge in [0.05, 0.1) is 6.54 Å². The smallest absolute Gasteiger partial charge is 0.255 e. The summed E-state index contributed by atoms with van der Waals surface area (Å²) >= 11 is 0. The van der Waals surface area contributed by atoms with Crippen molar-refractivity contribution in [2.75, 3.05) is 17.2 Å². The highest BCUT2D eigenvalue weighted by Gasteiger charge is 2.06. The predicted molar refractivity (Wildman–Crippen MR) is 108 cm³/mol. The van der Waals surface area contributed by atoms with Crippen LogP contribution in [0.15, 0.2) is 84.9 Å². The predicted octanol–water partition coefficient (Wildman–Crippen LogP) is 3.67. The first-order valence-corrected chi connectivity index (χ1v) is 8.72. The van der Waals surface area contributed by atoms with Gasteiger partial charge < -0.3 is 16.0 Å². The van der Waals surface area contributed by atoms with Crippen LogP contribution in [0.2, 0.25) is 0 Å². The molecule has 0 fully saturated rings. The van der Waals surface area contributed by atoms with E-state index in [0.29, 0.717) is 17.8 Å². The molecule has 5 nitrogen and oxygen atoms in total. The van der Waals surface area contributed by atoms with Gasteiger partial charge in [-0.2, -0.15) is 0 Å². The van der Waals surface area contributed by atoms with E-state index >= 15 is 0 Å². The van der Waals surface area contributed by atoms with Crippen molar-refractivity contribution in [3.05, 3.63) is 96.1 Å². The Bertz CT molecular complexity index is 896. The summed E-state index contributed by atoms with van der Waals surface area (Å²) < 4.78 is 0. The van der Waals surface area contributed by atoms with Crippen LogP contribution in [-0.2, 0) is 11.3 Å². The monoisotopic (exact) mass is 359 g/mol. The summed E-state index contributed by atoms with van der Waals surface area (Å²) in [4.78, 5) is 24.2. The minimum Gasteiger partial charge on any atom is -0.376 e. The zero-order chi connectivity index (χ0) is 18.9. The maximum absolute atomic E-state index is 12.2. The number of hydrogen-bond acceptors (Lipinski definition) is 3. The average molecular weight is 359 g/mol. The summed E-state index contributed by atoms with van der Waals surface area (Å²) in [6.45, 7) is 0.650. The van der Waals surface area contributed by atoms with Crippen molar-refractivity contribution in [1.29, 1.82) is 0 Å². The van der Waals surface area contributed by atoms with Gasteiger partial charge in [-0.15, -0.1) is 0 Å². The first-order chi connectivity index (χ1) is 13.2. The Labute approximate surface area is 158 Å². The maximum atomic E-state index is 12.2. The summed E-state index contributed by atoms with van der Waals surface area (Å²) in [6.07, 6.45) is 0. The third-order valence-electron chi connectivity index (χ3n) is 3.94. The number of nitrogens with one attached hydrogen (secondary N) is 3. The van der Waals surface area contributed by atoms with Crippen LogP contribution in [0.3, 0.4) is 0 Å². The van der Waals surface area contributed by atoms with Crippen LogP contribution >= 0.6 is 0 Å². The lowest BCUT2D eigenvalue weighted by atomic mass is 10.2. The second-order valence-electron chi connectivity index (χ2n) is 6.02. The van der Waals surface area contributed by atoms with Crippen LogP contribution in [0, 0.1) is 0 Å². The van der Waals surface area contributed by atoms with Crippen molar-refractivity contribution in [3.8, 4) is 0 Å². The molecule has 0 saturated carbocycles. The van der Waals surface area contributed by atoms with Gasteiger partial charge >= 0.3 is 0 Å². The number of rotatable bonds is 7. The molecule has 0 unspecified atom stereocenters. The van der Waals surface area contributed by atoms with Crippen LogP contribution in [0.1, 0.15) is 15.9 Å². The van der Waals surface area contributed by atoms with Crippen molar-refractivity contribution < 1.29 is 9.59 Å². The molecule has 0 aliphatic rings. The van der Waals surface area contributed by atoms with Gasteiger partial charge in [-0.3, -0.25) is 9.59 Å². The summed E-state index contributed by atoms with van der Waals surface area (Å²) in [5, 5.41) is 8.79. The summed E-state index contributed by atoms with van der Waals surface area (Å²) in [5.74, 6) is -0.272. The Morgan fingerprint density at radius 1 is 0.741 bits per heavy atom. The molecular formula is C22H21N3O2. The maximum Gasteiger partial charge on any atom is 0.255 e. The molecule has 3 aromatic rings. The molecule has 3 aromatic carbocycles. The van der Waals surface area contributed by atoms with Crippen molar-refractivity contribution in [2.45, 2.75) is 6.54 Å². The number of hydrogen-bond donors (Lipinski definition) is 3. The van der Waals surface area contributed by atoms with E-state index in [2.05, 4.69) is 16.0 Å². The van der Waals surface area contributed by atoms with Crippen LogP contribution in [0.4, 0.5) is 11.4 Å². The molecule has 3 rings (SSSR count). The van der Waals surface area contributed by atoms with Gasteiger partial charge in [-0.25, -0.2) is 0 Å². The van der Waals surface area contributed by atoms with Crippen LogP contribution in [-0.4, -0.2) is 18.4 Å². The van der Waals surface area contributed by atoms with E-state index in [4.69, 9.17) is 0 Å². The molecule has 5 heteroatoms. The van der Waals surface area contributed by atoms with Crippen molar-refractivity contribution in [3.63, 3.8) is 0 Å². The zero-order valence-electron chi connectivity index (χ0n) is 14.8. The molecule has 0 atom stereocenters. The third kappa shape index (κ3) is 5.71. The van der Waals surface area contributed by atoms with E-state index in [0.717, 1.165) is 11.3 Å². The molecular weight excluding hydrogens is 338 g/mol. The minimum absolute atomic E-state index is 0.0995. The Hall–Kier alpha value is -3.60. The fourth-order valence-electron chi connectivity index (χ4n) is 2.54. The number of benzene rings is 3. The van der Waals surface area contributed by atoms with Crippen molar-refractivity contribution in [1.82, 2.24) is 5.32 Å². The van der Waals surface area contributed by atoms with Gasteiger partial charge in [-0.1, -0.05) is 54.6 Å². The van der Waals surface area contributed by atoms with E-state index in [1.807, 2.05) is 66.7 Å². The first kappa shape index (κ1) is 18.2. The number of anilines is 2. The van der Waals surface area contributed by atoms with E-state index < -0.39 is 0 Å². The molecule has 0 aliphatic carbocycles. The molecule has 0 aliphatic heterocycles. The Kier molecular flexibility index (Phi) is 6.20. The molecule has 0 aromatic heterocycles. The van der Waals surface area contributed by atoms with Crippen LogP contribution in [0.5, 0.6) is 0 Å². The summed E-state index contributed by atoms with van der Waals surface area (Å²) in [6, 6.07) is 26.1. The van der Waals surface area contributed by atoms with Gasteiger partial charge in [0, 0.05) is 23.5 Å². The highest BCUT2D eigenvalue weighted by Crippen LogP contribution is 2.16. The molecule has 0 saturated heterocycles. The molecule has 2 amide bonds. The number of amides is 2. The lowest BCUT2D eigenvalue weighted by Gasteiger charge is -2.10. The zero-order valence-corrected chi connectivity index (χ0v) is 14.8. The van der Waals surface area contributed by atoms with Crippen molar-refractivity contribution >= 4 is 23.2 Å². The molecule has 0 spiro atoms. The van der Waals surface area contributed by atoms with E-state index in [-0.39, 0.29) is 18.4 Å². The Morgan fingerprint density at radius 2 is 1.41 bits per heavy atom. The molecule has 136 valence electrons. The van der Waals surface area contributed by atoms with Gasteiger partial charge in [0.25, 0.3) is 5.91 Å². The number of carbonyl (C=O) groups excluding carboxylic acids is 2. The molecule has 3 N–H and O–H groups in total. The molecule has 0 bridgehead atoms. The topological polar surface area (TPSA) is 70.2 Å². The van der Waals surface area contributed by atoms with Gasteiger partial charge in [0.15, 0.2) is 0 Å². The average Bonchev–Trinajstić information content (AvgIpc) is 2.72. The fraction of sp³-hybridized carbons (Fsp3) is 0.0909. The van der Waals surface area contributed by atoms with Crippen LogP contribution in [0.25, 0.3) is 0 Å². The van der Waals surface area contributed by atoms with Gasteiger partial charge in [0.1, 0.15) is 0 Å². The second kappa shape index (κ2) is 9.20. The minimum atomic E-state index is -0.173. The fourth-order valence-corrected chi connectivity index (χ4v) is 2.54. The highest BCUT2D eigenvalue weighted by molar-refractivity contribution is 6.04. The highest BCUT2D eigenvalue weighted by atomic mass is 16.2. The number of carbonyl (C=O) groups is 2. The first-order valence-electron chi connectivity index (χ1n) is 8.72. The molecule has 0 radical (unpaired) electrons. The van der Waals surface area contributed by atoms with E-state index in [1.54, 1.807) is 18.2 Å². The molecule has 27 heavy (non-hydrogen) atoms. The van der Waals surface area contributed by atoms with Gasteiger partial charge in [0.2, 0.25) is 5.91 Å². The normalized spacial score (nSPS) is 10.1. The quantitative estimate of drug-likeness (QED) is 0.603. The van der Waals surface area contributed by atoms with Crippen LogP contribution < -0.4 is 16.0 Å². The Balaban J connectivity index is 1.50. The van der Waals surface area contributed by atoms with Crippen molar-refractivity contribution in [2.24, 2.45) is 0 Å². The largest absolute Gasteiger partial charge is 0.376 e. The SMILES string of the molecule is O=C(CNc1cccc(NC(=O)c2ccccc2)c1)NCc1ccccc1. The lowest BCUT2D eigenvalue weighted by molar-refractivity contribution is -0.119. The van der Waals surface area contributed by atoms with E-state index in [1.165, 1.54) is 0 Å².